The molecule has 2 aromatic carbocycles. The average Bonchev–Trinajstić information content (AvgIpc) is 2.96. The third-order valence-electron chi connectivity index (χ3n) is 4.65. The Bertz CT molecular complexity index is 925. The van der Waals surface area contributed by atoms with E-state index in [-0.39, 0.29) is 0 Å². The number of aryl methyl sites for hydroxylation is 1. The molecule has 3 aromatic rings. The molecule has 1 aliphatic heterocycles. The SMILES string of the molecule is Cc1ccccc1-n1cnn(CN2CCc3ccccc3C2)c1=S. The van der Waals surface area contributed by atoms with Crippen LogP contribution in [-0.2, 0) is 19.6 Å². The highest BCUT2D eigenvalue weighted by Crippen LogP contribution is 2.19. The highest BCUT2D eigenvalue weighted by Gasteiger charge is 2.17. The van der Waals surface area contributed by atoms with Crippen molar-refractivity contribution in [2.75, 3.05) is 6.54 Å². The second-order valence-corrected chi connectivity index (χ2v) is 6.65. The van der Waals surface area contributed by atoms with Gasteiger partial charge in [0.05, 0.1) is 12.4 Å². The molecule has 0 N–H and O–H groups in total. The third-order valence-corrected chi connectivity index (χ3v) is 5.06. The summed E-state index contributed by atoms with van der Waals surface area (Å²) in [5.74, 6) is 0. The van der Waals surface area contributed by atoms with Crippen LogP contribution in [0.15, 0.2) is 54.9 Å². The minimum Gasteiger partial charge on any atom is -0.280 e. The fourth-order valence-electron chi connectivity index (χ4n) is 3.30. The lowest BCUT2D eigenvalue weighted by Crippen LogP contribution is -2.32. The van der Waals surface area contributed by atoms with E-state index in [1.807, 2.05) is 27.7 Å². The van der Waals surface area contributed by atoms with Gasteiger partial charge in [0.1, 0.15) is 6.33 Å². The van der Waals surface area contributed by atoms with E-state index in [9.17, 15) is 0 Å². The molecule has 0 spiro atoms. The second-order valence-electron chi connectivity index (χ2n) is 6.28. The largest absolute Gasteiger partial charge is 0.280 e. The van der Waals surface area contributed by atoms with Gasteiger partial charge in [-0.2, -0.15) is 5.10 Å². The van der Waals surface area contributed by atoms with Crippen molar-refractivity contribution >= 4 is 12.2 Å². The molecule has 0 saturated heterocycles. The molecule has 0 aliphatic carbocycles. The van der Waals surface area contributed by atoms with Crippen molar-refractivity contribution in [2.45, 2.75) is 26.6 Å². The highest BCUT2D eigenvalue weighted by atomic mass is 32.1. The smallest absolute Gasteiger partial charge is 0.203 e. The average molecular weight is 336 g/mol. The summed E-state index contributed by atoms with van der Waals surface area (Å²) in [5.41, 5.74) is 5.16. The predicted octanol–water partition coefficient (Wildman–Crippen LogP) is 3.73. The fourth-order valence-corrected chi connectivity index (χ4v) is 3.55. The van der Waals surface area contributed by atoms with Gasteiger partial charge in [0.25, 0.3) is 0 Å². The fraction of sp³-hybridized carbons (Fsp3) is 0.263. The van der Waals surface area contributed by atoms with Crippen LogP contribution in [0.4, 0.5) is 0 Å². The molecule has 1 aromatic heterocycles. The molecule has 0 unspecified atom stereocenters. The Morgan fingerprint density at radius 2 is 1.79 bits per heavy atom. The van der Waals surface area contributed by atoms with E-state index < -0.39 is 0 Å². The summed E-state index contributed by atoms with van der Waals surface area (Å²) >= 11 is 5.65. The van der Waals surface area contributed by atoms with Crippen LogP contribution in [0.1, 0.15) is 16.7 Å². The van der Waals surface area contributed by atoms with Crippen LogP contribution in [0, 0.1) is 11.7 Å². The Morgan fingerprint density at radius 1 is 1.04 bits per heavy atom. The van der Waals surface area contributed by atoms with Gasteiger partial charge in [-0.15, -0.1) is 0 Å². The minimum absolute atomic E-state index is 0.728. The van der Waals surface area contributed by atoms with E-state index >= 15 is 0 Å². The van der Waals surface area contributed by atoms with Gasteiger partial charge in [-0.05, 0) is 48.3 Å². The van der Waals surface area contributed by atoms with Gasteiger partial charge < -0.3 is 0 Å². The Kier molecular flexibility index (Phi) is 4.04. The normalized spacial score (nSPS) is 14.5. The molecule has 0 radical (unpaired) electrons. The quantitative estimate of drug-likeness (QED) is 0.682. The number of benzene rings is 2. The van der Waals surface area contributed by atoms with Gasteiger partial charge >= 0.3 is 0 Å². The first kappa shape index (κ1) is 15.3. The van der Waals surface area contributed by atoms with Gasteiger partial charge in [-0.3, -0.25) is 9.47 Å². The number of aromatic nitrogens is 3. The number of para-hydroxylation sites is 1. The van der Waals surface area contributed by atoms with Crippen molar-refractivity contribution in [3.8, 4) is 5.69 Å². The van der Waals surface area contributed by atoms with E-state index in [4.69, 9.17) is 12.2 Å². The summed E-state index contributed by atoms with van der Waals surface area (Å²) in [6, 6.07) is 16.9. The molecule has 122 valence electrons. The summed E-state index contributed by atoms with van der Waals surface area (Å²) in [4.78, 5) is 2.40. The summed E-state index contributed by atoms with van der Waals surface area (Å²) in [7, 11) is 0. The van der Waals surface area contributed by atoms with Crippen LogP contribution >= 0.6 is 12.2 Å². The summed E-state index contributed by atoms with van der Waals surface area (Å²) in [6.07, 6.45) is 2.91. The summed E-state index contributed by atoms with van der Waals surface area (Å²) in [6.45, 7) is 4.81. The lowest BCUT2D eigenvalue weighted by molar-refractivity contribution is 0.188. The molecule has 0 bridgehead atoms. The van der Waals surface area contributed by atoms with E-state index in [0.29, 0.717) is 0 Å². The monoisotopic (exact) mass is 336 g/mol. The van der Waals surface area contributed by atoms with E-state index in [1.54, 1.807) is 0 Å². The van der Waals surface area contributed by atoms with Crippen LogP contribution < -0.4 is 0 Å². The molecular formula is C19H20N4S. The molecule has 0 saturated carbocycles. The van der Waals surface area contributed by atoms with E-state index in [0.717, 1.165) is 36.6 Å². The van der Waals surface area contributed by atoms with Gasteiger partial charge in [0, 0.05) is 13.1 Å². The van der Waals surface area contributed by atoms with Crippen molar-refractivity contribution in [1.82, 2.24) is 19.2 Å². The first-order valence-corrected chi connectivity index (χ1v) is 8.63. The first-order chi connectivity index (χ1) is 11.7. The Balaban J connectivity index is 1.57. The number of fused-ring (bicyclic) bond motifs is 1. The van der Waals surface area contributed by atoms with Gasteiger partial charge in [-0.25, -0.2) is 4.68 Å². The molecule has 4 rings (SSSR count). The zero-order valence-electron chi connectivity index (χ0n) is 13.7. The molecule has 24 heavy (non-hydrogen) atoms. The molecule has 4 nitrogen and oxygen atoms in total. The van der Waals surface area contributed by atoms with Crippen molar-refractivity contribution in [1.29, 1.82) is 0 Å². The number of rotatable bonds is 3. The van der Waals surface area contributed by atoms with Gasteiger partial charge in [0.2, 0.25) is 4.77 Å². The van der Waals surface area contributed by atoms with E-state index in [2.05, 4.69) is 53.3 Å². The maximum absolute atomic E-state index is 5.65. The molecule has 0 fully saturated rings. The molecule has 0 atom stereocenters. The van der Waals surface area contributed by atoms with Crippen molar-refractivity contribution in [3.05, 3.63) is 76.3 Å². The predicted molar refractivity (Wildman–Crippen MR) is 97.7 cm³/mol. The molecule has 5 heteroatoms. The molecule has 0 amide bonds. The first-order valence-electron chi connectivity index (χ1n) is 8.22. The van der Waals surface area contributed by atoms with Gasteiger partial charge in [0.15, 0.2) is 0 Å². The lowest BCUT2D eigenvalue weighted by atomic mass is 10.0. The Morgan fingerprint density at radius 3 is 2.62 bits per heavy atom. The number of hydrogen-bond donors (Lipinski definition) is 0. The lowest BCUT2D eigenvalue weighted by Gasteiger charge is -2.28. The van der Waals surface area contributed by atoms with Crippen LogP contribution in [0.3, 0.4) is 0 Å². The second kappa shape index (κ2) is 6.34. The van der Waals surface area contributed by atoms with Crippen molar-refractivity contribution in [3.63, 3.8) is 0 Å². The maximum Gasteiger partial charge on any atom is 0.203 e. The highest BCUT2D eigenvalue weighted by molar-refractivity contribution is 7.71. The Hall–Kier alpha value is -2.24. The van der Waals surface area contributed by atoms with Crippen LogP contribution in [-0.4, -0.2) is 25.8 Å². The number of hydrogen-bond acceptors (Lipinski definition) is 3. The standard InChI is InChI=1S/C19H20N4S/c1-15-6-2-5-9-18(15)22-13-20-23(19(22)24)14-21-11-10-16-7-3-4-8-17(16)12-21/h2-9,13H,10-12,14H2,1H3. The zero-order valence-corrected chi connectivity index (χ0v) is 14.5. The minimum atomic E-state index is 0.728. The Labute approximate surface area is 147 Å². The van der Waals surface area contributed by atoms with Crippen LogP contribution in [0.2, 0.25) is 0 Å². The molecule has 1 aliphatic rings. The molecule has 2 heterocycles. The van der Waals surface area contributed by atoms with Crippen molar-refractivity contribution < 1.29 is 0 Å². The van der Waals surface area contributed by atoms with Crippen LogP contribution in [0.5, 0.6) is 0 Å². The summed E-state index contributed by atoms with van der Waals surface area (Å²) < 4.78 is 4.64. The zero-order chi connectivity index (χ0) is 16.5. The van der Waals surface area contributed by atoms with Crippen molar-refractivity contribution in [2.24, 2.45) is 0 Å². The topological polar surface area (TPSA) is 26.0 Å². The van der Waals surface area contributed by atoms with E-state index in [1.165, 1.54) is 16.7 Å². The number of nitrogens with zero attached hydrogens (tertiary/aromatic N) is 4. The molecular weight excluding hydrogens is 316 g/mol. The van der Waals surface area contributed by atoms with Crippen LogP contribution in [0.25, 0.3) is 5.69 Å². The van der Waals surface area contributed by atoms with Gasteiger partial charge in [-0.1, -0.05) is 42.5 Å². The maximum atomic E-state index is 5.65. The third kappa shape index (κ3) is 2.81. The summed E-state index contributed by atoms with van der Waals surface area (Å²) in [5, 5.41) is 4.52.